The van der Waals surface area contributed by atoms with E-state index in [1.807, 2.05) is 0 Å². The zero-order valence-electron chi connectivity index (χ0n) is 20.4. The SMILES string of the molecule is O=C(NCc1cccc(OCc2ccnc(C(F)(F)F)c2)c1)[C@@H]1CCCN1S(=O)(=O)c1cc2cnccc2o1. The van der Waals surface area contributed by atoms with Crippen molar-refractivity contribution in [1.82, 2.24) is 19.6 Å². The second-order valence-corrected chi connectivity index (χ2v) is 10.8. The maximum Gasteiger partial charge on any atom is 0.433 e. The molecule has 0 unspecified atom stereocenters. The number of carbonyl (C=O) groups excluding carboxylic acids is 1. The number of alkyl halides is 3. The van der Waals surface area contributed by atoms with Crippen LogP contribution in [0, 0.1) is 0 Å². The summed E-state index contributed by atoms with van der Waals surface area (Å²) >= 11 is 0. The van der Waals surface area contributed by atoms with Crippen LogP contribution in [0.1, 0.15) is 29.7 Å². The quantitative estimate of drug-likeness (QED) is 0.342. The van der Waals surface area contributed by atoms with Crippen molar-refractivity contribution in [3.63, 3.8) is 0 Å². The Bertz CT molecular complexity index is 1570. The molecule has 1 aliphatic rings. The summed E-state index contributed by atoms with van der Waals surface area (Å²) in [5.41, 5.74) is 0.360. The van der Waals surface area contributed by atoms with Crippen molar-refractivity contribution in [3.8, 4) is 5.75 Å². The van der Waals surface area contributed by atoms with Crippen LogP contribution in [0.2, 0.25) is 0 Å². The highest BCUT2D eigenvalue weighted by Gasteiger charge is 2.41. The standard InChI is InChI=1S/C26H23F3N4O5S/c27-26(28,29)23-12-18(6-9-31-23)16-37-20-4-1-3-17(11-20)14-32-25(34)21-5-2-10-33(21)39(35,36)24-13-19-15-30-8-7-22(19)38-24/h1,3-4,6-9,11-13,15,21H,2,5,10,14,16H2,(H,32,34)/t21-/m0/s1. The average Bonchev–Trinajstić information content (AvgIpc) is 3.59. The van der Waals surface area contributed by atoms with Crippen LogP contribution in [0.15, 0.2) is 76.6 Å². The van der Waals surface area contributed by atoms with Gasteiger partial charge in [0.1, 0.15) is 29.7 Å². The maximum atomic E-state index is 13.3. The second kappa shape index (κ2) is 10.7. The predicted octanol–water partition coefficient (Wildman–Crippen LogP) is 4.29. The molecule has 204 valence electrons. The summed E-state index contributed by atoms with van der Waals surface area (Å²) in [6.45, 7) is 0.183. The fraction of sp³-hybridized carbons (Fsp3) is 0.269. The van der Waals surface area contributed by atoms with Gasteiger partial charge < -0.3 is 14.5 Å². The van der Waals surface area contributed by atoms with Crippen molar-refractivity contribution in [2.75, 3.05) is 6.54 Å². The number of halogens is 3. The van der Waals surface area contributed by atoms with Crippen LogP contribution in [0.4, 0.5) is 13.2 Å². The molecule has 39 heavy (non-hydrogen) atoms. The van der Waals surface area contributed by atoms with Crippen LogP contribution in [0.5, 0.6) is 5.75 Å². The van der Waals surface area contributed by atoms with Crippen molar-refractivity contribution in [2.24, 2.45) is 0 Å². The summed E-state index contributed by atoms with van der Waals surface area (Å²) in [6.07, 6.45) is 0.407. The van der Waals surface area contributed by atoms with E-state index < -0.39 is 33.8 Å². The lowest BCUT2D eigenvalue weighted by Crippen LogP contribution is -2.45. The van der Waals surface area contributed by atoms with Crippen LogP contribution < -0.4 is 10.1 Å². The number of furan rings is 1. The lowest BCUT2D eigenvalue weighted by Gasteiger charge is -2.22. The Balaban J connectivity index is 1.21. The lowest BCUT2D eigenvalue weighted by molar-refractivity contribution is -0.141. The van der Waals surface area contributed by atoms with Crippen molar-refractivity contribution in [1.29, 1.82) is 0 Å². The fourth-order valence-corrected chi connectivity index (χ4v) is 5.94. The minimum atomic E-state index is -4.55. The van der Waals surface area contributed by atoms with E-state index in [2.05, 4.69) is 15.3 Å². The molecular formula is C26H23F3N4O5S. The van der Waals surface area contributed by atoms with E-state index in [1.165, 1.54) is 24.5 Å². The third kappa shape index (κ3) is 5.88. The van der Waals surface area contributed by atoms with Crippen LogP contribution in [0.3, 0.4) is 0 Å². The smallest absolute Gasteiger partial charge is 0.433 e. The van der Waals surface area contributed by atoms with Gasteiger partial charge in [0.25, 0.3) is 10.0 Å². The molecular weight excluding hydrogens is 537 g/mol. The predicted molar refractivity (Wildman–Crippen MR) is 133 cm³/mol. The molecule has 0 aliphatic carbocycles. The van der Waals surface area contributed by atoms with Crippen molar-refractivity contribution < 1.29 is 35.5 Å². The molecule has 1 amide bonds. The number of fused-ring (bicyclic) bond motifs is 1. The normalized spacial score (nSPS) is 16.4. The Morgan fingerprint density at radius 3 is 2.77 bits per heavy atom. The molecule has 1 aliphatic heterocycles. The molecule has 0 bridgehead atoms. The first-order valence-electron chi connectivity index (χ1n) is 12.0. The number of aromatic nitrogens is 2. The number of rotatable bonds is 8. The van der Waals surface area contributed by atoms with Gasteiger partial charge in [-0.25, -0.2) is 8.42 Å². The van der Waals surface area contributed by atoms with E-state index in [1.54, 1.807) is 30.3 Å². The van der Waals surface area contributed by atoms with E-state index in [9.17, 15) is 26.4 Å². The number of nitrogens with one attached hydrogen (secondary N) is 1. The molecule has 4 heterocycles. The molecule has 0 radical (unpaired) electrons. The Morgan fingerprint density at radius 2 is 1.97 bits per heavy atom. The molecule has 13 heteroatoms. The van der Waals surface area contributed by atoms with E-state index in [0.29, 0.717) is 40.7 Å². The van der Waals surface area contributed by atoms with Crippen LogP contribution in [-0.2, 0) is 34.1 Å². The van der Waals surface area contributed by atoms with Crippen molar-refractivity contribution >= 4 is 26.9 Å². The molecule has 1 saturated heterocycles. The first kappa shape index (κ1) is 26.6. The van der Waals surface area contributed by atoms with Gasteiger partial charge in [-0.05, 0) is 54.3 Å². The molecule has 1 aromatic carbocycles. The molecule has 1 fully saturated rings. The molecule has 1 atom stereocenters. The van der Waals surface area contributed by atoms with Crippen LogP contribution >= 0.6 is 0 Å². The van der Waals surface area contributed by atoms with Gasteiger partial charge in [-0.2, -0.15) is 17.5 Å². The molecule has 3 aromatic heterocycles. The van der Waals surface area contributed by atoms with Gasteiger partial charge in [0.15, 0.2) is 0 Å². The van der Waals surface area contributed by atoms with E-state index in [4.69, 9.17) is 9.15 Å². The lowest BCUT2D eigenvalue weighted by atomic mass is 10.2. The number of hydrogen-bond acceptors (Lipinski definition) is 7. The zero-order valence-corrected chi connectivity index (χ0v) is 21.2. The third-order valence-electron chi connectivity index (χ3n) is 6.25. The van der Waals surface area contributed by atoms with Crippen molar-refractivity contribution in [2.45, 2.75) is 43.3 Å². The molecule has 5 rings (SSSR count). The highest BCUT2D eigenvalue weighted by atomic mass is 32.2. The molecule has 4 aromatic rings. The summed E-state index contributed by atoms with van der Waals surface area (Å²) in [5.74, 6) is -0.0480. The number of pyridine rings is 2. The highest BCUT2D eigenvalue weighted by Crippen LogP contribution is 2.30. The Labute approximate surface area is 221 Å². The largest absolute Gasteiger partial charge is 0.489 e. The Hall–Kier alpha value is -3.97. The van der Waals surface area contributed by atoms with Gasteiger partial charge in [0.05, 0.1) is 0 Å². The Morgan fingerprint density at radius 1 is 1.13 bits per heavy atom. The summed E-state index contributed by atoms with van der Waals surface area (Å²) in [5, 5.41) is 3.07. The minimum Gasteiger partial charge on any atom is -0.489 e. The number of benzene rings is 1. The highest BCUT2D eigenvalue weighted by molar-refractivity contribution is 7.89. The number of hydrogen-bond donors (Lipinski definition) is 1. The van der Waals surface area contributed by atoms with E-state index in [0.717, 1.165) is 16.6 Å². The number of ether oxygens (including phenoxy) is 1. The first-order chi connectivity index (χ1) is 18.6. The van der Waals surface area contributed by atoms with Crippen molar-refractivity contribution in [3.05, 3.63) is 83.9 Å². The number of amides is 1. The second-order valence-electron chi connectivity index (χ2n) is 8.95. The van der Waals surface area contributed by atoms with Gasteiger partial charge in [0.2, 0.25) is 11.0 Å². The van der Waals surface area contributed by atoms with Gasteiger partial charge in [0, 0.05) is 43.1 Å². The molecule has 1 N–H and O–H groups in total. The average molecular weight is 561 g/mol. The first-order valence-corrected chi connectivity index (χ1v) is 13.4. The monoisotopic (exact) mass is 560 g/mol. The summed E-state index contributed by atoms with van der Waals surface area (Å²) < 4.78 is 77.5. The Kier molecular flexibility index (Phi) is 7.28. The number of sulfonamides is 1. The van der Waals surface area contributed by atoms with Crippen LogP contribution in [-0.4, -0.2) is 41.2 Å². The van der Waals surface area contributed by atoms with Gasteiger partial charge in [-0.3, -0.25) is 14.8 Å². The minimum absolute atomic E-state index is 0.101. The summed E-state index contributed by atoms with van der Waals surface area (Å²) in [4.78, 5) is 20.3. The van der Waals surface area contributed by atoms with E-state index in [-0.39, 0.29) is 24.8 Å². The molecule has 9 nitrogen and oxygen atoms in total. The topological polar surface area (TPSA) is 115 Å². The van der Waals surface area contributed by atoms with Gasteiger partial charge in [-0.1, -0.05) is 12.1 Å². The fourth-order valence-electron chi connectivity index (χ4n) is 4.33. The maximum absolute atomic E-state index is 13.3. The molecule has 0 saturated carbocycles. The number of carbonyl (C=O) groups is 1. The van der Waals surface area contributed by atoms with Crippen LogP contribution in [0.25, 0.3) is 11.0 Å². The number of nitrogens with zero attached hydrogens (tertiary/aromatic N) is 3. The molecule has 0 spiro atoms. The third-order valence-corrected chi connectivity index (χ3v) is 8.01. The summed E-state index contributed by atoms with van der Waals surface area (Å²) in [7, 11) is -4.05. The van der Waals surface area contributed by atoms with Gasteiger partial charge >= 0.3 is 6.18 Å². The van der Waals surface area contributed by atoms with Gasteiger partial charge in [-0.15, -0.1) is 0 Å². The zero-order chi connectivity index (χ0) is 27.6. The van der Waals surface area contributed by atoms with E-state index >= 15 is 0 Å². The summed E-state index contributed by atoms with van der Waals surface area (Å²) in [6, 6.07) is 11.2.